The Balaban J connectivity index is 2.01. The summed E-state index contributed by atoms with van der Waals surface area (Å²) in [6.07, 6.45) is 2.03. The van der Waals surface area contributed by atoms with Gasteiger partial charge in [-0.05, 0) is 6.42 Å². The third kappa shape index (κ3) is 2.91. The lowest BCUT2D eigenvalue weighted by Crippen LogP contribution is -2.40. The van der Waals surface area contributed by atoms with Gasteiger partial charge in [0.1, 0.15) is 0 Å². The molecule has 2 N–H and O–H groups in total. The minimum Gasteiger partial charge on any atom is -0.396 e. The van der Waals surface area contributed by atoms with Gasteiger partial charge in [-0.15, -0.1) is 0 Å². The molecule has 0 saturated heterocycles. The van der Waals surface area contributed by atoms with E-state index in [4.69, 9.17) is 5.11 Å². The molecule has 1 aromatic heterocycles. The summed E-state index contributed by atoms with van der Waals surface area (Å²) >= 11 is 1.42. The Bertz CT molecular complexity index is 489. The summed E-state index contributed by atoms with van der Waals surface area (Å²) in [6.45, 7) is 0.900. The molecule has 0 fully saturated rings. The summed E-state index contributed by atoms with van der Waals surface area (Å²) < 4.78 is 1.53. The Kier molecular flexibility index (Phi) is 4.38. The fraction of sp³-hybridized carbons (Fsp3) is 0.545. The quantitative estimate of drug-likeness (QED) is 0.567. The van der Waals surface area contributed by atoms with Crippen molar-refractivity contribution in [3.63, 3.8) is 0 Å². The van der Waals surface area contributed by atoms with Gasteiger partial charge in [-0.1, -0.05) is 11.8 Å². The summed E-state index contributed by atoms with van der Waals surface area (Å²) in [5, 5.41) is 12.1. The molecular formula is C11H15N3O3S. The molecule has 6 nitrogen and oxygen atoms in total. The number of aliphatic hydroxyl groups excluding tert-OH is 1. The van der Waals surface area contributed by atoms with Crippen LogP contribution in [0.25, 0.3) is 0 Å². The summed E-state index contributed by atoms with van der Waals surface area (Å²) in [7, 11) is 0. The van der Waals surface area contributed by atoms with E-state index < -0.39 is 0 Å². The average Bonchev–Trinajstić information content (AvgIpc) is 2.39. The summed E-state index contributed by atoms with van der Waals surface area (Å²) in [5.41, 5.74) is -0.125. The summed E-state index contributed by atoms with van der Waals surface area (Å²) in [6, 6.07) is 1.40. The van der Waals surface area contributed by atoms with Gasteiger partial charge in [0.15, 0.2) is 5.16 Å². The number of carbonyl (C=O) groups is 1. The molecule has 98 valence electrons. The van der Waals surface area contributed by atoms with Crippen LogP contribution >= 0.6 is 11.8 Å². The van der Waals surface area contributed by atoms with E-state index >= 15 is 0 Å². The number of thioether (sulfide) groups is 1. The van der Waals surface area contributed by atoms with Gasteiger partial charge in [-0.25, -0.2) is 4.98 Å². The second-order valence-corrected chi connectivity index (χ2v) is 5.04. The van der Waals surface area contributed by atoms with E-state index in [0.29, 0.717) is 30.4 Å². The second-order valence-electron chi connectivity index (χ2n) is 4.05. The Morgan fingerprint density at radius 3 is 3.28 bits per heavy atom. The first kappa shape index (κ1) is 13.1. The van der Waals surface area contributed by atoms with Crippen molar-refractivity contribution >= 4 is 17.7 Å². The first-order valence-corrected chi connectivity index (χ1v) is 6.78. The minimum absolute atomic E-state index is 0.0614. The van der Waals surface area contributed by atoms with Crippen LogP contribution in [0.15, 0.2) is 22.2 Å². The average molecular weight is 269 g/mol. The SMILES string of the molecule is O=C(NCCCO)C1CSc2nccc(=O)n2C1. The van der Waals surface area contributed by atoms with Gasteiger partial charge in [0.25, 0.3) is 5.56 Å². The zero-order chi connectivity index (χ0) is 13.0. The number of aromatic nitrogens is 2. The monoisotopic (exact) mass is 269 g/mol. The lowest BCUT2D eigenvalue weighted by Gasteiger charge is -2.23. The molecule has 18 heavy (non-hydrogen) atoms. The maximum absolute atomic E-state index is 11.9. The molecule has 2 rings (SSSR count). The van der Waals surface area contributed by atoms with Crippen LogP contribution in [-0.2, 0) is 11.3 Å². The third-order valence-corrected chi connectivity index (χ3v) is 3.87. The number of aliphatic hydroxyl groups is 1. The van der Waals surface area contributed by atoms with Crippen molar-refractivity contribution in [2.24, 2.45) is 5.92 Å². The molecule has 1 amide bonds. The summed E-state index contributed by atoms with van der Waals surface area (Å²) in [4.78, 5) is 27.6. The Labute approximate surface area is 108 Å². The molecule has 0 bridgehead atoms. The van der Waals surface area contributed by atoms with E-state index in [9.17, 15) is 9.59 Å². The van der Waals surface area contributed by atoms with Crippen LogP contribution in [0, 0.1) is 5.92 Å². The number of rotatable bonds is 4. The maximum Gasteiger partial charge on any atom is 0.254 e. The van der Waals surface area contributed by atoms with Crippen LogP contribution in [0.2, 0.25) is 0 Å². The second kappa shape index (κ2) is 6.01. The first-order chi connectivity index (χ1) is 8.72. The first-order valence-electron chi connectivity index (χ1n) is 5.79. The summed E-state index contributed by atoms with van der Waals surface area (Å²) in [5.74, 6) is 0.335. The lowest BCUT2D eigenvalue weighted by atomic mass is 10.1. The topological polar surface area (TPSA) is 84.2 Å². The van der Waals surface area contributed by atoms with Crippen LogP contribution in [0.1, 0.15) is 6.42 Å². The van der Waals surface area contributed by atoms with Crippen LogP contribution in [-0.4, -0.2) is 39.5 Å². The molecule has 0 aliphatic carbocycles. The van der Waals surface area contributed by atoms with Gasteiger partial charge in [0, 0.05) is 37.7 Å². The Morgan fingerprint density at radius 2 is 2.50 bits per heavy atom. The number of hydrogen-bond acceptors (Lipinski definition) is 5. The molecule has 0 radical (unpaired) electrons. The standard InChI is InChI=1S/C11H15N3O3S/c15-5-1-3-12-10(17)8-6-14-9(16)2-4-13-11(14)18-7-8/h2,4,8,15H,1,3,5-7H2,(H,12,17). The number of nitrogens with one attached hydrogen (secondary N) is 1. The predicted octanol–water partition coefficient (Wildman–Crippen LogP) is -0.536. The number of fused-ring (bicyclic) bond motifs is 1. The van der Waals surface area contributed by atoms with Gasteiger partial charge < -0.3 is 10.4 Å². The van der Waals surface area contributed by atoms with Crippen LogP contribution < -0.4 is 10.9 Å². The molecular weight excluding hydrogens is 254 g/mol. The van der Waals surface area contributed by atoms with Gasteiger partial charge in [-0.3, -0.25) is 14.2 Å². The van der Waals surface area contributed by atoms with E-state index in [2.05, 4.69) is 10.3 Å². The highest BCUT2D eigenvalue weighted by Gasteiger charge is 2.25. The minimum atomic E-state index is -0.219. The van der Waals surface area contributed by atoms with Crippen molar-refractivity contribution in [2.75, 3.05) is 18.9 Å². The lowest BCUT2D eigenvalue weighted by molar-refractivity contribution is -0.124. The van der Waals surface area contributed by atoms with E-state index in [1.165, 1.54) is 28.6 Å². The molecule has 0 saturated carbocycles. The largest absolute Gasteiger partial charge is 0.396 e. The van der Waals surface area contributed by atoms with Gasteiger partial charge >= 0.3 is 0 Å². The number of carbonyl (C=O) groups excluding carboxylic acids is 1. The molecule has 2 heterocycles. The normalized spacial score (nSPS) is 18.2. The predicted molar refractivity (Wildman–Crippen MR) is 67.4 cm³/mol. The van der Waals surface area contributed by atoms with Crippen molar-refractivity contribution in [1.29, 1.82) is 0 Å². The van der Waals surface area contributed by atoms with E-state index in [0.717, 1.165) is 0 Å². The number of nitrogens with zero attached hydrogens (tertiary/aromatic N) is 2. The van der Waals surface area contributed by atoms with Crippen molar-refractivity contribution < 1.29 is 9.90 Å². The van der Waals surface area contributed by atoms with Crippen molar-refractivity contribution in [2.45, 2.75) is 18.1 Å². The molecule has 1 aromatic rings. The highest BCUT2D eigenvalue weighted by molar-refractivity contribution is 7.99. The fourth-order valence-electron chi connectivity index (χ4n) is 1.74. The maximum atomic E-state index is 11.9. The van der Waals surface area contributed by atoms with E-state index in [-0.39, 0.29) is 24.0 Å². The van der Waals surface area contributed by atoms with Crippen LogP contribution in [0.4, 0.5) is 0 Å². The Morgan fingerprint density at radius 1 is 1.67 bits per heavy atom. The van der Waals surface area contributed by atoms with Crippen molar-refractivity contribution in [1.82, 2.24) is 14.9 Å². The van der Waals surface area contributed by atoms with Crippen LogP contribution in [0.3, 0.4) is 0 Å². The van der Waals surface area contributed by atoms with Gasteiger partial charge in [-0.2, -0.15) is 0 Å². The number of hydrogen-bond donors (Lipinski definition) is 2. The fourth-order valence-corrected chi connectivity index (χ4v) is 2.81. The van der Waals surface area contributed by atoms with Crippen molar-refractivity contribution in [3.8, 4) is 0 Å². The highest BCUT2D eigenvalue weighted by Crippen LogP contribution is 2.24. The molecule has 1 atom stereocenters. The zero-order valence-electron chi connectivity index (χ0n) is 9.83. The van der Waals surface area contributed by atoms with Crippen LogP contribution in [0.5, 0.6) is 0 Å². The van der Waals surface area contributed by atoms with E-state index in [1.807, 2.05) is 0 Å². The molecule has 7 heteroatoms. The number of amides is 1. The van der Waals surface area contributed by atoms with E-state index in [1.54, 1.807) is 0 Å². The molecule has 1 unspecified atom stereocenters. The molecule has 1 aliphatic rings. The van der Waals surface area contributed by atoms with Gasteiger partial charge in [0.2, 0.25) is 5.91 Å². The Hall–Kier alpha value is -1.34. The third-order valence-electron chi connectivity index (χ3n) is 2.72. The smallest absolute Gasteiger partial charge is 0.254 e. The molecule has 1 aliphatic heterocycles. The van der Waals surface area contributed by atoms with Gasteiger partial charge in [0.05, 0.1) is 5.92 Å². The highest BCUT2D eigenvalue weighted by atomic mass is 32.2. The molecule has 0 aromatic carbocycles. The van der Waals surface area contributed by atoms with Crippen molar-refractivity contribution in [3.05, 3.63) is 22.6 Å². The zero-order valence-corrected chi connectivity index (χ0v) is 10.7. The molecule has 0 spiro atoms.